The lowest BCUT2D eigenvalue weighted by Crippen LogP contribution is -2.39. The zero-order valence-corrected chi connectivity index (χ0v) is 17.3. The highest BCUT2D eigenvalue weighted by atomic mass is 16.5. The maximum atomic E-state index is 5.83. The summed E-state index contributed by atoms with van der Waals surface area (Å²) in [6.07, 6.45) is 3.25. The predicted molar refractivity (Wildman–Crippen MR) is 112 cm³/mol. The number of hydrogen-bond acceptors (Lipinski definition) is 3. The van der Waals surface area contributed by atoms with Crippen LogP contribution in [0.2, 0.25) is 0 Å². The Labute approximate surface area is 164 Å². The smallest absolute Gasteiger partial charge is 0.191 e. The van der Waals surface area contributed by atoms with E-state index in [9.17, 15) is 0 Å². The van der Waals surface area contributed by atoms with Crippen LogP contribution in [0.5, 0.6) is 0 Å². The van der Waals surface area contributed by atoms with E-state index in [1.54, 1.807) is 0 Å². The fourth-order valence-corrected chi connectivity index (χ4v) is 3.14. The van der Waals surface area contributed by atoms with Crippen LogP contribution in [0.25, 0.3) is 0 Å². The monoisotopic (exact) mass is 375 g/mol. The summed E-state index contributed by atoms with van der Waals surface area (Å²) in [4.78, 5) is 4.79. The maximum Gasteiger partial charge on any atom is 0.191 e. The summed E-state index contributed by atoms with van der Waals surface area (Å²) in [6, 6.07) is 10.6. The summed E-state index contributed by atoms with van der Waals surface area (Å²) in [5, 5.41) is 6.76. The molecule has 1 aromatic carbocycles. The van der Waals surface area contributed by atoms with Gasteiger partial charge in [0.05, 0.1) is 6.54 Å². The van der Waals surface area contributed by atoms with Gasteiger partial charge in [-0.25, -0.2) is 0 Å². The third-order valence-corrected chi connectivity index (χ3v) is 4.98. The van der Waals surface area contributed by atoms with Crippen molar-refractivity contribution in [1.82, 2.24) is 10.6 Å². The fraction of sp³-hybridized carbons (Fsp3) is 0.682. The first kappa shape index (κ1) is 21.7. The van der Waals surface area contributed by atoms with E-state index in [0.717, 1.165) is 71.3 Å². The molecule has 27 heavy (non-hydrogen) atoms. The van der Waals surface area contributed by atoms with E-state index in [1.807, 2.05) is 0 Å². The van der Waals surface area contributed by atoms with Crippen LogP contribution >= 0.6 is 0 Å². The second kappa shape index (κ2) is 12.0. The molecule has 0 spiro atoms. The highest BCUT2D eigenvalue weighted by molar-refractivity contribution is 5.79. The Kier molecular flexibility index (Phi) is 9.64. The van der Waals surface area contributed by atoms with Crippen molar-refractivity contribution < 1.29 is 9.47 Å². The first-order valence-corrected chi connectivity index (χ1v) is 10.3. The SMILES string of the molecule is CCNC(=NCC(C)(C)c1ccccc1)NCCCOCC1CCOCC1. The van der Waals surface area contributed by atoms with Crippen LogP contribution in [0.4, 0.5) is 0 Å². The van der Waals surface area contributed by atoms with Gasteiger partial charge in [0.25, 0.3) is 0 Å². The zero-order chi connectivity index (χ0) is 19.4. The molecular formula is C22H37N3O2. The van der Waals surface area contributed by atoms with Gasteiger partial charge in [0.15, 0.2) is 5.96 Å². The molecule has 1 aliphatic heterocycles. The highest BCUT2D eigenvalue weighted by Crippen LogP contribution is 2.22. The fourth-order valence-electron chi connectivity index (χ4n) is 3.14. The molecule has 5 heteroatoms. The van der Waals surface area contributed by atoms with Gasteiger partial charge in [-0.1, -0.05) is 44.2 Å². The Morgan fingerprint density at radius 2 is 1.93 bits per heavy atom. The Morgan fingerprint density at radius 1 is 1.19 bits per heavy atom. The number of ether oxygens (including phenoxy) is 2. The van der Waals surface area contributed by atoms with Crippen molar-refractivity contribution in [3.05, 3.63) is 35.9 Å². The summed E-state index contributed by atoms with van der Waals surface area (Å²) in [5.74, 6) is 1.55. The topological polar surface area (TPSA) is 54.9 Å². The Bertz CT molecular complexity index is 540. The van der Waals surface area contributed by atoms with Gasteiger partial charge < -0.3 is 20.1 Å². The molecule has 0 unspecified atom stereocenters. The number of nitrogens with one attached hydrogen (secondary N) is 2. The van der Waals surface area contributed by atoms with Gasteiger partial charge in [-0.2, -0.15) is 0 Å². The third-order valence-electron chi connectivity index (χ3n) is 4.98. The van der Waals surface area contributed by atoms with Gasteiger partial charge in [-0.15, -0.1) is 0 Å². The van der Waals surface area contributed by atoms with Crippen molar-refractivity contribution in [3.63, 3.8) is 0 Å². The first-order chi connectivity index (χ1) is 13.1. The quantitative estimate of drug-likeness (QED) is 0.374. The minimum atomic E-state index is 0.0104. The van der Waals surface area contributed by atoms with E-state index in [1.165, 1.54) is 5.56 Å². The lowest BCUT2D eigenvalue weighted by atomic mass is 9.85. The van der Waals surface area contributed by atoms with Crippen molar-refractivity contribution in [2.24, 2.45) is 10.9 Å². The van der Waals surface area contributed by atoms with Crippen LogP contribution in [0, 0.1) is 5.92 Å². The van der Waals surface area contributed by atoms with E-state index in [2.05, 4.69) is 61.7 Å². The molecule has 1 aliphatic rings. The second-order valence-electron chi connectivity index (χ2n) is 7.86. The molecule has 1 heterocycles. The standard InChI is InChI=1S/C22H37N3O2/c1-4-23-21(25-18-22(2,3)20-9-6-5-7-10-20)24-13-8-14-27-17-19-11-15-26-16-12-19/h5-7,9-10,19H,4,8,11-18H2,1-3H3,(H2,23,24,25). The molecule has 1 aromatic rings. The molecule has 0 amide bonds. The predicted octanol–water partition coefficient (Wildman–Crippen LogP) is 3.35. The van der Waals surface area contributed by atoms with Gasteiger partial charge in [0.1, 0.15) is 0 Å². The molecule has 0 bridgehead atoms. The summed E-state index contributed by atoms with van der Waals surface area (Å²) in [6.45, 7) is 12.5. The number of hydrogen-bond donors (Lipinski definition) is 2. The minimum Gasteiger partial charge on any atom is -0.381 e. The lowest BCUT2D eigenvalue weighted by Gasteiger charge is -2.24. The van der Waals surface area contributed by atoms with Gasteiger partial charge >= 0.3 is 0 Å². The second-order valence-corrected chi connectivity index (χ2v) is 7.86. The molecule has 1 saturated heterocycles. The number of nitrogens with zero attached hydrogens (tertiary/aromatic N) is 1. The molecule has 2 N–H and O–H groups in total. The van der Waals surface area contributed by atoms with Crippen LogP contribution in [-0.2, 0) is 14.9 Å². The largest absolute Gasteiger partial charge is 0.381 e. The molecule has 0 radical (unpaired) electrons. The van der Waals surface area contributed by atoms with Gasteiger partial charge in [-0.05, 0) is 37.7 Å². The molecule has 1 fully saturated rings. The Hall–Kier alpha value is -1.59. The maximum absolute atomic E-state index is 5.83. The third kappa shape index (κ3) is 8.31. The van der Waals surface area contributed by atoms with E-state index in [4.69, 9.17) is 14.5 Å². The van der Waals surface area contributed by atoms with Crippen molar-refractivity contribution in [1.29, 1.82) is 0 Å². The first-order valence-electron chi connectivity index (χ1n) is 10.3. The number of guanidine groups is 1. The van der Waals surface area contributed by atoms with Crippen LogP contribution < -0.4 is 10.6 Å². The van der Waals surface area contributed by atoms with Crippen molar-refractivity contribution in [3.8, 4) is 0 Å². The molecule has 5 nitrogen and oxygen atoms in total. The normalized spacial score (nSPS) is 16.3. The Morgan fingerprint density at radius 3 is 2.63 bits per heavy atom. The molecule has 0 aliphatic carbocycles. The Balaban J connectivity index is 1.68. The van der Waals surface area contributed by atoms with Gasteiger partial charge in [0, 0.05) is 44.9 Å². The molecule has 0 saturated carbocycles. The van der Waals surface area contributed by atoms with E-state index >= 15 is 0 Å². The van der Waals surface area contributed by atoms with Crippen molar-refractivity contribution in [2.75, 3.05) is 46.1 Å². The van der Waals surface area contributed by atoms with Crippen LogP contribution in [0.15, 0.2) is 35.3 Å². The van der Waals surface area contributed by atoms with E-state index in [0.29, 0.717) is 5.92 Å². The average molecular weight is 376 g/mol. The van der Waals surface area contributed by atoms with Gasteiger partial charge in [-0.3, -0.25) is 4.99 Å². The summed E-state index contributed by atoms with van der Waals surface area (Å²) in [5.41, 5.74) is 1.32. The number of benzene rings is 1. The molecule has 0 aromatic heterocycles. The summed E-state index contributed by atoms with van der Waals surface area (Å²) >= 11 is 0. The average Bonchev–Trinajstić information content (AvgIpc) is 2.70. The summed E-state index contributed by atoms with van der Waals surface area (Å²) in [7, 11) is 0. The van der Waals surface area contributed by atoms with Crippen LogP contribution in [-0.4, -0.2) is 52.0 Å². The molecule has 0 atom stereocenters. The molecule has 2 rings (SSSR count). The van der Waals surface area contributed by atoms with E-state index in [-0.39, 0.29) is 5.41 Å². The van der Waals surface area contributed by atoms with E-state index < -0.39 is 0 Å². The van der Waals surface area contributed by atoms with Crippen molar-refractivity contribution >= 4 is 5.96 Å². The zero-order valence-electron chi connectivity index (χ0n) is 17.3. The van der Waals surface area contributed by atoms with Gasteiger partial charge in [0.2, 0.25) is 0 Å². The van der Waals surface area contributed by atoms with Crippen molar-refractivity contribution in [2.45, 2.75) is 45.4 Å². The van der Waals surface area contributed by atoms with Crippen LogP contribution in [0.3, 0.4) is 0 Å². The number of rotatable bonds is 10. The molecule has 152 valence electrons. The highest BCUT2D eigenvalue weighted by Gasteiger charge is 2.20. The van der Waals surface area contributed by atoms with Crippen LogP contribution in [0.1, 0.15) is 45.6 Å². The minimum absolute atomic E-state index is 0.0104. The number of aliphatic imine (C=N–C) groups is 1. The summed E-state index contributed by atoms with van der Waals surface area (Å²) < 4.78 is 11.2. The molecular weight excluding hydrogens is 338 g/mol. The lowest BCUT2D eigenvalue weighted by molar-refractivity contribution is 0.0203.